The molecule has 1 aliphatic rings. The number of primary amides is 1. The van der Waals surface area contributed by atoms with Gasteiger partial charge in [-0.2, -0.15) is 0 Å². The van der Waals surface area contributed by atoms with Crippen LogP contribution in [0.5, 0.6) is 0 Å². The maximum atomic E-state index is 11.3. The molecule has 0 unspecified atom stereocenters. The van der Waals surface area contributed by atoms with Crippen molar-refractivity contribution in [2.75, 3.05) is 0 Å². The number of cyclic esters (lactones) is 1. The molecular weight excluding hydrogens is 206 g/mol. The van der Waals surface area contributed by atoms with Gasteiger partial charge in [0.1, 0.15) is 6.61 Å². The fourth-order valence-electron chi connectivity index (χ4n) is 1.42. The van der Waals surface area contributed by atoms with Crippen LogP contribution in [-0.2, 0) is 16.1 Å². The number of hydrogen-bond donors (Lipinski definition) is 1. The second-order valence-electron chi connectivity index (χ2n) is 3.39. The van der Waals surface area contributed by atoms with Gasteiger partial charge in [-0.1, -0.05) is 17.9 Å². The van der Waals surface area contributed by atoms with E-state index in [1.54, 1.807) is 18.2 Å². The van der Waals surface area contributed by atoms with Gasteiger partial charge in [-0.15, -0.1) is 0 Å². The third kappa shape index (κ3) is 2.04. The third-order valence-electron chi connectivity index (χ3n) is 2.18. The van der Waals surface area contributed by atoms with Gasteiger partial charge in [0.2, 0.25) is 5.91 Å². The summed E-state index contributed by atoms with van der Waals surface area (Å²) in [5.74, 6) is 4.61. The van der Waals surface area contributed by atoms with E-state index in [2.05, 4.69) is 11.8 Å². The molecule has 0 spiro atoms. The molecule has 0 saturated carbocycles. The van der Waals surface area contributed by atoms with Gasteiger partial charge in [0.25, 0.3) is 0 Å². The highest BCUT2D eigenvalue weighted by molar-refractivity contribution is 5.93. The van der Waals surface area contributed by atoms with Crippen LogP contribution in [-0.4, -0.2) is 11.9 Å². The van der Waals surface area contributed by atoms with Crippen molar-refractivity contribution in [1.82, 2.24) is 0 Å². The summed E-state index contributed by atoms with van der Waals surface area (Å²) in [4.78, 5) is 21.7. The smallest absolute Gasteiger partial charge is 0.338 e. The molecule has 0 saturated heterocycles. The molecule has 2 N–H and O–H groups in total. The van der Waals surface area contributed by atoms with Crippen molar-refractivity contribution in [3.05, 3.63) is 34.9 Å². The van der Waals surface area contributed by atoms with Crippen molar-refractivity contribution in [1.29, 1.82) is 0 Å². The van der Waals surface area contributed by atoms with E-state index in [1.807, 2.05) is 0 Å². The summed E-state index contributed by atoms with van der Waals surface area (Å²) in [5.41, 5.74) is 7.05. The number of carbonyl (C=O) groups is 2. The molecule has 0 aromatic heterocycles. The van der Waals surface area contributed by atoms with Gasteiger partial charge >= 0.3 is 5.97 Å². The molecule has 2 rings (SSSR count). The van der Waals surface area contributed by atoms with E-state index < -0.39 is 5.91 Å². The number of rotatable bonds is 1. The van der Waals surface area contributed by atoms with Gasteiger partial charge in [0.05, 0.1) is 12.0 Å². The molecule has 1 aromatic rings. The fourth-order valence-corrected chi connectivity index (χ4v) is 1.42. The maximum Gasteiger partial charge on any atom is 0.338 e. The molecule has 0 bridgehead atoms. The second-order valence-corrected chi connectivity index (χ2v) is 3.39. The molecule has 0 aliphatic carbocycles. The zero-order valence-electron chi connectivity index (χ0n) is 8.45. The first-order chi connectivity index (χ1) is 7.66. The van der Waals surface area contributed by atoms with Crippen LogP contribution in [0.3, 0.4) is 0 Å². The van der Waals surface area contributed by atoms with Crippen LogP contribution in [0.15, 0.2) is 18.2 Å². The van der Waals surface area contributed by atoms with Gasteiger partial charge in [0, 0.05) is 11.1 Å². The first kappa shape index (κ1) is 10.2. The van der Waals surface area contributed by atoms with Crippen molar-refractivity contribution >= 4 is 11.9 Å². The number of fused-ring (bicyclic) bond motifs is 1. The van der Waals surface area contributed by atoms with Crippen molar-refractivity contribution < 1.29 is 14.3 Å². The standard InChI is InChI=1S/C12H9NO3/c13-11(14)3-1-2-8-4-5-9-7-16-12(15)10(9)6-8/h4-6H,3,7H2,(H2,13,14). The number of hydrogen-bond acceptors (Lipinski definition) is 3. The molecule has 0 fully saturated rings. The Hall–Kier alpha value is -2.28. The topological polar surface area (TPSA) is 69.4 Å². The van der Waals surface area contributed by atoms with E-state index in [-0.39, 0.29) is 12.4 Å². The monoisotopic (exact) mass is 215 g/mol. The van der Waals surface area contributed by atoms with Crippen molar-refractivity contribution in [2.45, 2.75) is 13.0 Å². The minimum atomic E-state index is -0.465. The Balaban J connectivity index is 2.24. The van der Waals surface area contributed by atoms with Crippen molar-refractivity contribution in [3.8, 4) is 11.8 Å². The fraction of sp³-hybridized carbons (Fsp3) is 0.167. The Bertz CT molecular complexity index is 523. The lowest BCUT2D eigenvalue weighted by molar-refractivity contribution is -0.117. The Morgan fingerprint density at radius 1 is 1.50 bits per heavy atom. The molecule has 0 radical (unpaired) electrons. The maximum absolute atomic E-state index is 11.3. The van der Waals surface area contributed by atoms with E-state index in [1.165, 1.54) is 0 Å². The molecule has 1 heterocycles. The van der Waals surface area contributed by atoms with Crippen LogP contribution in [0.25, 0.3) is 0 Å². The van der Waals surface area contributed by atoms with Gasteiger partial charge in [0.15, 0.2) is 0 Å². The predicted molar refractivity (Wildman–Crippen MR) is 56.3 cm³/mol. The van der Waals surface area contributed by atoms with Crippen molar-refractivity contribution in [2.24, 2.45) is 5.73 Å². The summed E-state index contributed by atoms with van der Waals surface area (Å²) in [7, 11) is 0. The Labute approximate surface area is 92.4 Å². The third-order valence-corrected chi connectivity index (χ3v) is 2.18. The number of esters is 1. The quantitative estimate of drug-likeness (QED) is 0.550. The molecule has 4 heteroatoms. The largest absolute Gasteiger partial charge is 0.457 e. The van der Waals surface area contributed by atoms with E-state index in [0.717, 1.165) is 5.56 Å². The summed E-state index contributed by atoms with van der Waals surface area (Å²) in [5, 5.41) is 0. The summed E-state index contributed by atoms with van der Waals surface area (Å²) in [6, 6.07) is 5.25. The Kier molecular flexibility index (Phi) is 2.61. The minimum Gasteiger partial charge on any atom is -0.457 e. The molecule has 1 aliphatic heterocycles. The summed E-state index contributed by atoms with van der Waals surface area (Å²) >= 11 is 0. The minimum absolute atomic E-state index is 0.0154. The number of nitrogens with two attached hydrogens (primary N) is 1. The number of ether oxygens (including phenoxy) is 1. The van der Waals surface area contributed by atoms with Crippen molar-refractivity contribution in [3.63, 3.8) is 0 Å². The van der Waals surface area contributed by atoms with Crippen LogP contribution in [0.1, 0.15) is 27.9 Å². The lowest BCUT2D eigenvalue weighted by atomic mass is 10.1. The molecule has 80 valence electrons. The van der Waals surface area contributed by atoms with Gasteiger partial charge < -0.3 is 10.5 Å². The average Bonchev–Trinajstić information content (AvgIpc) is 2.60. The van der Waals surface area contributed by atoms with E-state index in [4.69, 9.17) is 10.5 Å². The lowest BCUT2D eigenvalue weighted by Crippen LogP contribution is -2.08. The Morgan fingerprint density at radius 2 is 2.31 bits per heavy atom. The molecule has 4 nitrogen and oxygen atoms in total. The van der Waals surface area contributed by atoms with Crippen LogP contribution >= 0.6 is 0 Å². The predicted octanol–water partition coefficient (Wildman–Crippen LogP) is 0.584. The number of carbonyl (C=O) groups excluding carboxylic acids is 2. The van der Waals surface area contributed by atoms with Crippen LogP contribution in [0, 0.1) is 11.8 Å². The SMILES string of the molecule is NC(=O)CC#Cc1ccc2c(c1)C(=O)OC2. The molecule has 16 heavy (non-hydrogen) atoms. The highest BCUT2D eigenvalue weighted by Crippen LogP contribution is 2.20. The zero-order valence-corrected chi connectivity index (χ0v) is 8.45. The highest BCUT2D eigenvalue weighted by atomic mass is 16.5. The normalized spacial score (nSPS) is 12.4. The first-order valence-corrected chi connectivity index (χ1v) is 4.74. The van der Waals surface area contributed by atoms with Gasteiger partial charge in [-0.05, 0) is 12.1 Å². The van der Waals surface area contributed by atoms with Crippen LogP contribution < -0.4 is 5.73 Å². The summed E-state index contributed by atoms with van der Waals surface area (Å²) in [6.07, 6.45) is 0.0154. The number of amides is 1. The van der Waals surface area contributed by atoms with Crippen LogP contribution in [0.4, 0.5) is 0 Å². The molecule has 1 aromatic carbocycles. The molecular formula is C12H9NO3. The first-order valence-electron chi connectivity index (χ1n) is 4.74. The molecule has 1 amide bonds. The number of benzene rings is 1. The Morgan fingerprint density at radius 3 is 3.06 bits per heavy atom. The van der Waals surface area contributed by atoms with E-state index >= 15 is 0 Å². The highest BCUT2D eigenvalue weighted by Gasteiger charge is 2.20. The second kappa shape index (κ2) is 4.07. The molecule has 0 atom stereocenters. The van der Waals surface area contributed by atoms with Gasteiger partial charge in [-0.25, -0.2) is 4.79 Å². The van der Waals surface area contributed by atoms with E-state index in [9.17, 15) is 9.59 Å². The van der Waals surface area contributed by atoms with E-state index in [0.29, 0.717) is 17.7 Å². The van der Waals surface area contributed by atoms with Crippen LogP contribution in [0.2, 0.25) is 0 Å². The zero-order chi connectivity index (χ0) is 11.5. The summed E-state index contributed by atoms with van der Waals surface area (Å²) in [6.45, 7) is 0.323. The summed E-state index contributed by atoms with van der Waals surface area (Å²) < 4.78 is 4.86. The average molecular weight is 215 g/mol. The van der Waals surface area contributed by atoms with Gasteiger partial charge in [-0.3, -0.25) is 4.79 Å². The lowest BCUT2D eigenvalue weighted by Gasteiger charge is -1.94.